The summed E-state index contributed by atoms with van der Waals surface area (Å²) >= 11 is 0. The second-order valence-corrected chi connectivity index (χ2v) is 4.50. The topological polar surface area (TPSA) is 67.4 Å². The fraction of sp³-hybridized carbons (Fsp3) is 0.800. The molecule has 1 atom stereocenters. The third-order valence-corrected chi connectivity index (χ3v) is 1.56. The molecule has 0 saturated heterocycles. The SMILES string of the molecule is CC(NC(=O)OC(C)(C)C)C(=O)NCC(F)F. The summed E-state index contributed by atoms with van der Waals surface area (Å²) in [4.78, 5) is 22.5. The van der Waals surface area contributed by atoms with Crippen molar-refractivity contribution >= 4 is 12.0 Å². The van der Waals surface area contributed by atoms with Gasteiger partial charge in [-0.3, -0.25) is 4.79 Å². The zero-order valence-electron chi connectivity index (χ0n) is 10.3. The number of carbonyl (C=O) groups excluding carboxylic acids is 2. The highest BCUT2D eigenvalue weighted by molar-refractivity contribution is 5.85. The Morgan fingerprint density at radius 1 is 1.29 bits per heavy atom. The van der Waals surface area contributed by atoms with E-state index in [-0.39, 0.29) is 0 Å². The number of hydrogen-bond donors (Lipinski definition) is 2. The first-order valence-corrected chi connectivity index (χ1v) is 5.17. The van der Waals surface area contributed by atoms with E-state index < -0.39 is 36.6 Å². The maximum atomic E-state index is 11.8. The molecule has 0 aliphatic rings. The minimum atomic E-state index is -2.62. The lowest BCUT2D eigenvalue weighted by Gasteiger charge is -2.21. The summed E-state index contributed by atoms with van der Waals surface area (Å²) < 4.78 is 28.5. The largest absolute Gasteiger partial charge is 0.444 e. The molecule has 0 aliphatic heterocycles. The zero-order chi connectivity index (χ0) is 13.6. The lowest BCUT2D eigenvalue weighted by Crippen LogP contribution is -2.47. The zero-order valence-corrected chi connectivity index (χ0v) is 10.3. The number of carbonyl (C=O) groups is 2. The van der Waals surface area contributed by atoms with Crippen LogP contribution in [0.5, 0.6) is 0 Å². The smallest absolute Gasteiger partial charge is 0.408 e. The van der Waals surface area contributed by atoms with E-state index in [1.165, 1.54) is 6.92 Å². The Morgan fingerprint density at radius 3 is 2.24 bits per heavy atom. The third kappa shape index (κ3) is 8.41. The van der Waals surface area contributed by atoms with Crippen LogP contribution in [0.25, 0.3) is 0 Å². The molecule has 7 heteroatoms. The van der Waals surface area contributed by atoms with Gasteiger partial charge >= 0.3 is 6.09 Å². The van der Waals surface area contributed by atoms with Crippen LogP contribution in [0.4, 0.5) is 13.6 Å². The first-order valence-electron chi connectivity index (χ1n) is 5.17. The van der Waals surface area contributed by atoms with Crippen molar-refractivity contribution in [2.24, 2.45) is 0 Å². The van der Waals surface area contributed by atoms with Crippen molar-refractivity contribution in [3.8, 4) is 0 Å². The number of alkyl halides is 2. The number of halogens is 2. The number of alkyl carbamates (subject to hydrolysis) is 1. The molecule has 0 aromatic heterocycles. The molecule has 17 heavy (non-hydrogen) atoms. The molecule has 2 N–H and O–H groups in total. The van der Waals surface area contributed by atoms with Gasteiger partial charge in [0.15, 0.2) is 0 Å². The Bertz CT molecular complexity index is 277. The molecule has 5 nitrogen and oxygen atoms in total. The summed E-state index contributed by atoms with van der Waals surface area (Å²) in [5.41, 5.74) is -0.677. The van der Waals surface area contributed by atoms with Crippen LogP contribution in [0.1, 0.15) is 27.7 Å². The van der Waals surface area contributed by atoms with Crippen molar-refractivity contribution in [2.45, 2.75) is 45.8 Å². The average Bonchev–Trinajstić information content (AvgIpc) is 2.10. The first-order chi connectivity index (χ1) is 7.61. The summed E-state index contributed by atoms with van der Waals surface area (Å²) in [5.74, 6) is -0.684. The van der Waals surface area contributed by atoms with E-state index in [0.717, 1.165) is 0 Å². The van der Waals surface area contributed by atoms with Crippen molar-refractivity contribution in [3.05, 3.63) is 0 Å². The Hall–Kier alpha value is -1.40. The maximum Gasteiger partial charge on any atom is 0.408 e. The summed E-state index contributed by atoms with van der Waals surface area (Å²) in [6.45, 7) is 5.67. The number of amides is 2. The molecule has 100 valence electrons. The van der Waals surface area contributed by atoms with Gasteiger partial charge in [0, 0.05) is 0 Å². The molecular weight excluding hydrogens is 234 g/mol. The van der Waals surface area contributed by atoms with E-state index in [2.05, 4.69) is 5.32 Å². The summed E-state index contributed by atoms with van der Waals surface area (Å²) in [6, 6.07) is -0.927. The maximum absolute atomic E-state index is 11.8. The highest BCUT2D eigenvalue weighted by atomic mass is 19.3. The molecule has 0 radical (unpaired) electrons. The van der Waals surface area contributed by atoms with E-state index >= 15 is 0 Å². The van der Waals surface area contributed by atoms with Gasteiger partial charge in [-0.1, -0.05) is 0 Å². The predicted molar refractivity (Wildman–Crippen MR) is 57.8 cm³/mol. The Balaban J connectivity index is 4.03. The van der Waals surface area contributed by atoms with Crippen LogP contribution in [-0.2, 0) is 9.53 Å². The van der Waals surface area contributed by atoms with Crippen molar-refractivity contribution in [1.29, 1.82) is 0 Å². The van der Waals surface area contributed by atoms with Crippen molar-refractivity contribution in [1.82, 2.24) is 10.6 Å². The molecule has 0 aromatic rings. The number of ether oxygens (including phenoxy) is 1. The van der Waals surface area contributed by atoms with Crippen LogP contribution < -0.4 is 10.6 Å². The van der Waals surface area contributed by atoms with Crippen LogP contribution in [0.15, 0.2) is 0 Å². The minimum Gasteiger partial charge on any atom is -0.444 e. The molecular formula is C10H18F2N2O3. The summed E-state index contributed by atoms with van der Waals surface area (Å²) in [7, 11) is 0. The van der Waals surface area contributed by atoms with Gasteiger partial charge in [0.05, 0.1) is 6.54 Å². The quantitative estimate of drug-likeness (QED) is 0.792. The van der Waals surface area contributed by atoms with Crippen LogP contribution in [0.3, 0.4) is 0 Å². The average molecular weight is 252 g/mol. The van der Waals surface area contributed by atoms with E-state index in [4.69, 9.17) is 4.74 Å². The molecule has 0 aliphatic carbocycles. The molecule has 2 amide bonds. The van der Waals surface area contributed by atoms with Gasteiger partial charge in [0.25, 0.3) is 6.43 Å². The van der Waals surface area contributed by atoms with Crippen LogP contribution >= 0.6 is 0 Å². The van der Waals surface area contributed by atoms with Crippen molar-refractivity contribution in [3.63, 3.8) is 0 Å². The van der Waals surface area contributed by atoms with E-state index in [1.807, 2.05) is 5.32 Å². The highest BCUT2D eigenvalue weighted by Crippen LogP contribution is 2.06. The van der Waals surface area contributed by atoms with E-state index in [9.17, 15) is 18.4 Å². The summed E-state index contributed by atoms with van der Waals surface area (Å²) in [5, 5.41) is 4.23. The second-order valence-electron chi connectivity index (χ2n) is 4.50. The summed E-state index contributed by atoms with van der Waals surface area (Å²) in [6.07, 6.45) is -3.38. The lowest BCUT2D eigenvalue weighted by atomic mass is 10.2. The van der Waals surface area contributed by atoms with Gasteiger partial charge in [0.2, 0.25) is 5.91 Å². The standard InChI is InChI=1S/C10H18F2N2O3/c1-6(8(15)13-5-7(11)12)14-9(16)17-10(2,3)4/h6-7H,5H2,1-4H3,(H,13,15)(H,14,16). The Kier molecular flexibility index (Phi) is 5.84. The molecule has 0 saturated carbocycles. The molecule has 1 unspecified atom stereocenters. The lowest BCUT2D eigenvalue weighted by molar-refractivity contribution is -0.123. The fourth-order valence-corrected chi connectivity index (χ4v) is 0.881. The predicted octanol–water partition coefficient (Wildman–Crippen LogP) is 1.28. The molecule has 0 aromatic carbocycles. The molecule has 0 heterocycles. The van der Waals surface area contributed by atoms with Gasteiger partial charge in [-0.05, 0) is 27.7 Å². The van der Waals surface area contributed by atoms with Gasteiger partial charge in [-0.25, -0.2) is 13.6 Å². The van der Waals surface area contributed by atoms with Crippen LogP contribution in [0, 0.1) is 0 Å². The van der Waals surface area contributed by atoms with Gasteiger partial charge in [-0.2, -0.15) is 0 Å². The number of rotatable bonds is 4. The molecule has 0 rings (SSSR count). The Labute approximate surface area is 98.9 Å². The monoisotopic (exact) mass is 252 g/mol. The molecule has 0 spiro atoms. The van der Waals surface area contributed by atoms with Crippen molar-refractivity contribution < 1.29 is 23.1 Å². The second kappa shape index (κ2) is 6.36. The third-order valence-electron chi connectivity index (χ3n) is 1.56. The van der Waals surface area contributed by atoms with E-state index in [0.29, 0.717) is 0 Å². The molecule has 0 bridgehead atoms. The fourth-order valence-electron chi connectivity index (χ4n) is 0.881. The number of hydrogen-bond acceptors (Lipinski definition) is 3. The first kappa shape index (κ1) is 15.6. The number of nitrogens with one attached hydrogen (secondary N) is 2. The van der Waals surface area contributed by atoms with Crippen molar-refractivity contribution in [2.75, 3.05) is 6.54 Å². The van der Waals surface area contributed by atoms with E-state index in [1.54, 1.807) is 20.8 Å². The van der Waals surface area contributed by atoms with Gasteiger partial charge in [0.1, 0.15) is 11.6 Å². The highest BCUT2D eigenvalue weighted by Gasteiger charge is 2.21. The molecule has 0 fully saturated rings. The normalized spacial score (nSPS) is 13.1. The minimum absolute atomic E-state index is 0.677. The van der Waals surface area contributed by atoms with Gasteiger partial charge in [-0.15, -0.1) is 0 Å². The van der Waals surface area contributed by atoms with Crippen LogP contribution in [0.2, 0.25) is 0 Å². The van der Waals surface area contributed by atoms with Gasteiger partial charge < -0.3 is 15.4 Å². The van der Waals surface area contributed by atoms with Crippen LogP contribution in [-0.4, -0.2) is 36.6 Å². The Morgan fingerprint density at radius 2 is 1.82 bits per heavy atom.